The Balaban J connectivity index is 2.30. The summed E-state index contributed by atoms with van der Waals surface area (Å²) in [5.74, 6) is -12.0. The molecule has 2 aromatic carbocycles. The molecule has 2 atom stereocenters. The van der Waals surface area contributed by atoms with Crippen LogP contribution in [0.1, 0.15) is 31.0 Å². The maximum atomic E-state index is 14.6. The number of ketones is 1. The summed E-state index contributed by atoms with van der Waals surface area (Å²) in [6.45, 7) is 0.479. The van der Waals surface area contributed by atoms with E-state index in [0.29, 0.717) is 16.3 Å². The predicted octanol–water partition coefficient (Wildman–Crippen LogP) is 4.24. The Hall–Kier alpha value is -4.00. The highest BCUT2D eigenvalue weighted by molar-refractivity contribution is 6.30. The Morgan fingerprint density at radius 2 is 1.51 bits per heavy atom. The highest BCUT2D eigenvalue weighted by Crippen LogP contribution is 2.24. The molecule has 0 unspecified atom stereocenters. The van der Waals surface area contributed by atoms with E-state index in [0.717, 1.165) is 11.4 Å². The molecule has 41 heavy (non-hydrogen) atoms. The number of carbonyl (C=O) groups excluding carboxylic acids is 4. The van der Waals surface area contributed by atoms with Gasteiger partial charge in [0, 0.05) is 11.1 Å². The summed E-state index contributed by atoms with van der Waals surface area (Å²) in [7, 11) is 1.40. The number of benzene rings is 2. The van der Waals surface area contributed by atoms with Crippen LogP contribution in [0.25, 0.3) is 6.08 Å². The molecule has 3 amide bonds. The van der Waals surface area contributed by atoms with Gasteiger partial charge in [0.1, 0.15) is 18.3 Å². The van der Waals surface area contributed by atoms with Crippen LogP contribution >= 0.6 is 11.6 Å². The first-order valence-electron chi connectivity index (χ1n) is 12.0. The van der Waals surface area contributed by atoms with E-state index in [-0.39, 0.29) is 5.56 Å². The van der Waals surface area contributed by atoms with Crippen LogP contribution in [-0.4, -0.2) is 55.3 Å². The van der Waals surface area contributed by atoms with Crippen LogP contribution in [0.5, 0.6) is 5.75 Å². The third kappa shape index (κ3) is 9.85. The maximum absolute atomic E-state index is 14.6. The largest absolute Gasteiger partial charge is 0.497 e. The van der Waals surface area contributed by atoms with Gasteiger partial charge in [-0.2, -0.15) is 22.0 Å². The summed E-state index contributed by atoms with van der Waals surface area (Å²) >= 11 is 5.84. The zero-order valence-corrected chi connectivity index (χ0v) is 22.8. The Kier molecular flexibility index (Phi) is 11.4. The molecular formula is C27H27ClF5N3O5. The van der Waals surface area contributed by atoms with E-state index in [9.17, 15) is 41.1 Å². The fourth-order valence-electron chi connectivity index (χ4n) is 3.40. The minimum atomic E-state index is -4.99. The standard InChI is InChI=1S/C27H27ClF5N3O5/c1-15(2)21(23(38)27(32,33)25(40)34-14-26(29,30)31)36-24(39)22(17-7-11-19(41-3)12-8-17)35-20(37)13-6-16-4-9-18(28)10-5-16/h4-13,15,21-22H,14H2,1-3H3,(H,34,40)(H,35,37)(H,36,39)/b13-6+/t21-,22-/m0/s1. The zero-order valence-electron chi connectivity index (χ0n) is 22.0. The van der Waals surface area contributed by atoms with Gasteiger partial charge < -0.3 is 20.7 Å². The average molecular weight is 604 g/mol. The molecule has 14 heteroatoms. The first-order valence-corrected chi connectivity index (χ1v) is 12.4. The molecule has 0 heterocycles. The molecule has 0 aliphatic heterocycles. The van der Waals surface area contributed by atoms with Crippen molar-refractivity contribution < 1.29 is 45.9 Å². The molecule has 0 bridgehead atoms. The van der Waals surface area contributed by atoms with Crippen LogP contribution in [0, 0.1) is 5.92 Å². The second-order valence-electron chi connectivity index (χ2n) is 9.07. The van der Waals surface area contributed by atoms with E-state index in [1.165, 1.54) is 51.3 Å². The number of alkyl halides is 5. The number of amides is 3. The van der Waals surface area contributed by atoms with E-state index in [1.807, 2.05) is 0 Å². The highest BCUT2D eigenvalue weighted by atomic mass is 35.5. The molecule has 0 spiro atoms. The van der Waals surface area contributed by atoms with Crippen molar-refractivity contribution in [1.82, 2.24) is 16.0 Å². The minimum Gasteiger partial charge on any atom is -0.497 e. The number of halogens is 6. The van der Waals surface area contributed by atoms with Crippen LogP contribution in [0.15, 0.2) is 54.6 Å². The number of hydrogen-bond donors (Lipinski definition) is 3. The summed E-state index contributed by atoms with van der Waals surface area (Å²) in [5.41, 5.74) is 0.785. The molecule has 0 radical (unpaired) electrons. The third-order valence-corrected chi connectivity index (χ3v) is 5.84. The second-order valence-corrected chi connectivity index (χ2v) is 9.50. The summed E-state index contributed by atoms with van der Waals surface area (Å²) in [5, 5.41) is 5.98. The van der Waals surface area contributed by atoms with Gasteiger partial charge in [0.2, 0.25) is 17.6 Å². The topological polar surface area (TPSA) is 114 Å². The van der Waals surface area contributed by atoms with Gasteiger partial charge in [-0.15, -0.1) is 0 Å². The highest BCUT2D eigenvalue weighted by Gasteiger charge is 2.52. The molecule has 8 nitrogen and oxygen atoms in total. The van der Waals surface area contributed by atoms with E-state index in [4.69, 9.17) is 16.3 Å². The summed E-state index contributed by atoms with van der Waals surface area (Å²) in [6, 6.07) is 8.69. The van der Waals surface area contributed by atoms with E-state index in [2.05, 4.69) is 10.6 Å². The van der Waals surface area contributed by atoms with Crippen molar-refractivity contribution in [2.24, 2.45) is 5.92 Å². The van der Waals surface area contributed by atoms with E-state index < -0.39 is 60.1 Å². The lowest BCUT2D eigenvalue weighted by Gasteiger charge is -2.27. The molecular weight excluding hydrogens is 577 g/mol. The van der Waals surface area contributed by atoms with E-state index in [1.54, 1.807) is 24.3 Å². The Morgan fingerprint density at radius 3 is 2.02 bits per heavy atom. The molecule has 2 aromatic rings. The normalized spacial score (nSPS) is 13.4. The average Bonchev–Trinajstić information content (AvgIpc) is 2.91. The van der Waals surface area contributed by atoms with Crippen LogP contribution in [-0.2, 0) is 19.2 Å². The molecule has 0 saturated carbocycles. The summed E-state index contributed by atoms with van der Waals surface area (Å²) < 4.78 is 71.3. The molecule has 0 aromatic heterocycles. The fourth-order valence-corrected chi connectivity index (χ4v) is 3.53. The lowest BCUT2D eigenvalue weighted by atomic mass is 9.94. The van der Waals surface area contributed by atoms with Gasteiger partial charge in [-0.1, -0.05) is 49.7 Å². The van der Waals surface area contributed by atoms with Crippen molar-refractivity contribution in [3.8, 4) is 5.75 Å². The molecule has 2 rings (SSSR count). The number of ether oxygens (including phenoxy) is 1. The zero-order chi connectivity index (χ0) is 31.0. The lowest BCUT2D eigenvalue weighted by molar-refractivity contribution is -0.165. The van der Waals surface area contributed by atoms with Crippen molar-refractivity contribution >= 4 is 41.2 Å². The summed E-state index contributed by atoms with van der Waals surface area (Å²) in [4.78, 5) is 50.3. The fraction of sp³-hybridized carbons (Fsp3) is 0.333. The van der Waals surface area contributed by atoms with Gasteiger partial charge in [0.25, 0.3) is 5.91 Å². The quantitative estimate of drug-likeness (QED) is 0.191. The van der Waals surface area contributed by atoms with Crippen molar-refractivity contribution in [2.45, 2.75) is 38.0 Å². The van der Waals surface area contributed by atoms with Gasteiger partial charge >= 0.3 is 12.1 Å². The van der Waals surface area contributed by atoms with Crippen LogP contribution in [0.2, 0.25) is 5.02 Å². The number of nitrogens with one attached hydrogen (secondary N) is 3. The van der Waals surface area contributed by atoms with Gasteiger partial charge in [-0.3, -0.25) is 19.2 Å². The van der Waals surface area contributed by atoms with Crippen molar-refractivity contribution in [3.05, 3.63) is 70.8 Å². The van der Waals surface area contributed by atoms with Gasteiger partial charge in [0.05, 0.1) is 13.2 Å². The monoisotopic (exact) mass is 603 g/mol. The van der Waals surface area contributed by atoms with Gasteiger partial charge in [-0.25, -0.2) is 0 Å². The molecule has 0 fully saturated rings. The molecule has 0 aliphatic rings. The first kappa shape index (κ1) is 33.2. The van der Waals surface area contributed by atoms with E-state index >= 15 is 0 Å². The Bertz CT molecular complexity index is 1270. The van der Waals surface area contributed by atoms with Crippen molar-refractivity contribution in [2.75, 3.05) is 13.7 Å². The van der Waals surface area contributed by atoms with Crippen LogP contribution in [0.4, 0.5) is 22.0 Å². The SMILES string of the molecule is COc1ccc([C@H](NC(=O)/C=C/c2ccc(Cl)cc2)C(=O)N[C@H](C(=O)C(F)(F)C(=O)NCC(F)(F)F)C(C)C)cc1. The number of methoxy groups -OCH3 is 1. The third-order valence-electron chi connectivity index (χ3n) is 5.59. The van der Waals surface area contributed by atoms with Gasteiger partial charge in [0.15, 0.2) is 0 Å². The molecule has 222 valence electrons. The van der Waals surface area contributed by atoms with Crippen LogP contribution in [0.3, 0.4) is 0 Å². The Morgan fingerprint density at radius 1 is 0.927 bits per heavy atom. The molecule has 3 N–H and O–H groups in total. The number of Topliss-reactive ketones (excluding diaryl/α,β-unsaturated/α-hetero) is 1. The molecule has 0 saturated heterocycles. The minimum absolute atomic E-state index is 0.182. The molecule has 0 aliphatic carbocycles. The number of carbonyl (C=O) groups is 4. The smallest absolute Gasteiger partial charge is 0.405 e. The maximum Gasteiger partial charge on any atom is 0.405 e. The predicted molar refractivity (Wildman–Crippen MR) is 140 cm³/mol. The first-order chi connectivity index (χ1) is 19.0. The lowest BCUT2D eigenvalue weighted by Crippen LogP contribution is -2.58. The van der Waals surface area contributed by atoms with Gasteiger partial charge in [-0.05, 0) is 47.4 Å². The Labute approximate surface area is 237 Å². The summed E-state index contributed by atoms with van der Waals surface area (Å²) in [6.07, 6.45) is -2.46. The number of hydrogen-bond acceptors (Lipinski definition) is 5. The van der Waals surface area contributed by atoms with Crippen molar-refractivity contribution in [3.63, 3.8) is 0 Å². The van der Waals surface area contributed by atoms with Crippen molar-refractivity contribution in [1.29, 1.82) is 0 Å². The van der Waals surface area contributed by atoms with Crippen LogP contribution < -0.4 is 20.7 Å². The number of rotatable bonds is 12. The second kappa shape index (κ2) is 14.1.